The average Bonchev–Trinajstić information content (AvgIpc) is 3.39. The Morgan fingerprint density at radius 3 is 2.81 bits per heavy atom. The van der Waals surface area contributed by atoms with Crippen molar-refractivity contribution in [3.63, 3.8) is 0 Å². The minimum Gasteiger partial charge on any atom is -0.485 e. The molecule has 2 amide bonds. The summed E-state index contributed by atoms with van der Waals surface area (Å²) in [7, 11) is 7.18. The van der Waals surface area contributed by atoms with E-state index in [2.05, 4.69) is 15.3 Å². The fourth-order valence-corrected chi connectivity index (χ4v) is 4.61. The molecule has 0 aliphatic carbocycles. The molecule has 4 rings (SSSR count). The molecule has 3 heterocycles. The van der Waals surface area contributed by atoms with E-state index in [0.29, 0.717) is 42.6 Å². The van der Waals surface area contributed by atoms with Crippen LogP contribution in [0.3, 0.4) is 0 Å². The Kier molecular flexibility index (Phi) is 7.89. The van der Waals surface area contributed by atoms with Gasteiger partial charge in [0.15, 0.2) is 0 Å². The van der Waals surface area contributed by atoms with Crippen LogP contribution in [0.15, 0.2) is 48.0 Å². The number of carbonyl (C=O) groups excluding carboxylic acids is 2. The molecule has 1 aliphatic rings. The Morgan fingerprint density at radius 1 is 1.25 bits per heavy atom. The van der Waals surface area contributed by atoms with Crippen LogP contribution in [-0.2, 0) is 4.74 Å². The van der Waals surface area contributed by atoms with Crippen molar-refractivity contribution < 1.29 is 19.1 Å². The molecule has 0 bridgehead atoms. The summed E-state index contributed by atoms with van der Waals surface area (Å²) >= 11 is 1.58. The van der Waals surface area contributed by atoms with Crippen LogP contribution in [0.25, 0.3) is 0 Å². The maximum Gasteiger partial charge on any atom is 0.406 e. The number of thiophene rings is 1. The van der Waals surface area contributed by atoms with E-state index < -0.39 is 6.09 Å². The van der Waals surface area contributed by atoms with Crippen molar-refractivity contribution in [1.29, 1.82) is 0 Å². The number of alkyl carbamates (subject to hydrolysis) is 1. The highest BCUT2D eigenvalue weighted by molar-refractivity contribution is 7.10. The molecule has 36 heavy (non-hydrogen) atoms. The second kappa shape index (κ2) is 11.3. The maximum absolute atomic E-state index is 13.5. The molecule has 1 N–H and O–H groups in total. The quantitative estimate of drug-likeness (QED) is 0.491. The SMILES string of the molecule is CNC(=O)OCCC(Oc1cccc(N2CCN(C)c3nc(N(C)C)ncc3C2=O)c1)c1cccs1. The number of aromatic nitrogens is 2. The standard InChI is InChI=1S/C25H30N6O4S/c1-26-25(33)34-13-10-20(21-9-6-14-36-21)35-18-8-5-7-17(15-18)31-12-11-30(4)22-19(23(31)32)16-27-24(28-22)29(2)3/h5-9,14-16,20H,10-13H2,1-4H3,(H,26,33). The van der Waals surface area contributed by atoms with Crippen LogP contribution in [0.1, 0.15) is 27.8 Å². The van der Waals surface area contributed by atoms with E-state index >= 15 is 0 Å². The van der Waals surface area contributed by atoms with Crippen LogP contribution in [0.4, 0.5) is 22.2 Å². The number of hydrogen-bond acceptors (Lipinski definition) is 9. The van der Waals surface area contributed by atoms with Crippen molar-refractivity contribution in [3.05, 3.63) is 58.4 Å². The first-order valence-corrected chi connectivity index (χ1v) is 12.5. The maximum atomic E-state index is 13.5. The van der Waals surface area contributed by atoms with E-state index in [1.165, 1.54) is 7.05 Å². The third-order valence-corrected chi connectivity index (χ3v) is 6.70. The predicted molar refractivity (Wildman–Crippen MR) is 140 cm³/mol. The lowest BCUT2D eigenvalue weighted by Gasteiger charge is -2.23. The Bertz CT molecular complexity index is 1200. The molecule has 0 spiro atoms. The number of nitrogens with one attached hydrogen (secondary N) is 1. The number of hydrogen-bond donors (Lipinski definition) is 1. The van der Waals surface area contributed by atoms with Gasteiger partial charge >= 0.3 is 6.09 Å². The number of likely N-dealkylation sites (N-methyl/N-ethyl adjacent to an activating group) is 1. The first-order valence-electron chi connectivity index (χ1n) is 11.6. The van der Waals surface area contributed by atoms with Gasteiger partial charge in [0.05, 0.1) is 6.61 Å². The summed E-state index contributed by atoms with van der Waals surface area (Å²) in [6.45, 7) is 1.31. The third kappa shape index (κ3) is 5.68. The molecule has 0 saturated carbocycles. The van der Waals surface area contributed by atoms with Crippen molar-refractivity contribution in [2.75, 3.05) is 62.6 Å². The number of ether oxygens (including phenoxy) is 2. The molecule has 3 aromatic rings. The van der Waals surface area contributed by atoms with E-state index in [-0.39, 0.29) is 18.6 Å². The molecule has 1 atom stereocenters. The Morgan fingerprint density at radius 2 is 2.08 bits per heavy atom. The lowest BCUT2D eigenvalue weighted by atomic mass is 10.2. The number of nitrogens with zero attached hydrogens (tertiary/aromatic N) is 5. The van der Waals surface area contributed by atoms with Gasteiger partial charge in [0.1, 0.15) is 23.2 Å². The van der Waals surface area contributed by atoms with Crippen molar-refractivity contribution in [2.45, 2.75) is 12.5 Å². The van der Waals surface area contributed by atoms with Crippen LogP contribution in [0.2, 0.25) is 0 Å². The third-order valence-electron chi connectivity index (χ3n) is 5.74. The lowest BCUT2D eigenvalue weighted by Crippen LogP contribution is -2.33. The number of amides is 2. The van der Waals surface area contributed by atoms with Crippen molar-refractivity contribution in [3.8, 4) is 5.75 Å². The first kappa shape index (κ1) is 25.2. The predicted octanol–water partition coefficient (Wildman–Crippen LogP) is 3.57. The van der Waals surface area contributed by atoms with E-state index in [0.717, 1.165) is 10.6 Å². The normalized spacial score (nSPS) is 14.1. The van der Waals surface area contributed by atoms with Crippen LogP contribution >= 0.6 is 11.3 Å². The summed E-state index contributed by atoms with van der Waals surface area (Å²) in [6, 6.07) is 11.4. The van der Waals surface area contributed by atoms with Gasteiger partial charge in [-0.2, -0.15) is 4.98 Å². The molecule has 2 aromatic heterocycles. The zero-order valence-electron chi connectivity index (χ0n) is 20.8. The van der Waals surface area contributed by atoms with Gasteiger partial charge in [-0.3, -0.25) is 4.79 Å². The van der Waals surface area contributed by atoms with Crippen LogP contribution < -0.4 is 24.8 Å². The van der Waals surface area contributed by atoms with Gasteiger partial charge in [-0.05, 0) is 23.6 Å². The number of anilines is 3. The molecule has 1 aromatic carbocycles. The molecular weight excluding hydrogens is 480 g/mol. The molecule has 10 nitrogen and oxygen atoms in total. The Balaban J connectivity index is 1.56. The average molecular weight is 511 g/mol. The minimum absolute atomic E-state index is 0.161. The fraction of sp³-hybridized carbons (Fsp3) is 0.360. The second-order valence-corrected chi connectivity index (χ2v) is 9.45. The first-order chi connectivity index (χ1) is 17.4. The fourth-order valence-electron chi connectivity index (χ4n) is 3.82. The zero-order valence-corrected chi connectivity index (χ0v) is 21.6. The molecule has 11 heteroatoms. The van der Waals surface area contributed by atoms with Crippen LogP contribution in [0.5, 0.6) is 5.75 Å². The molecule has 0 saturated heterocycles. The molecular formula is C25H30N6O4S. The van der Waals surface area contributed by atoms with E-state index in [1.807, 2.05) is 72.7 Å². The number of benzene rings is 1. The minimum atomic E-state index is -0.478. The molecule has 0 radical (unpaired) electrons. The highest BCUT2D eigenvalue weighted by atomic mass is 32.1. The highest BCUT2D eigenvalue weighted by Crippen LogP contribution is 2.32. The van der Waals surface area contributed by atoms with Crippen molar-refractivity contribution in [1.82, 2.24) is 15.3 Å². The Labute approximate surface area is 214 Å². The number of fused-ring (bicyclic) bond motifs is 1. The van der Waals surface area contributed by atoms with E-state index in [9.17, 15) is 9.59 Å². The molecule has 190 valence electrons. The lowest BCUT2D eigenvalue weighted by molar-refractivity contribution is 0.0989. The van der Waals surface area contributed by atoms with Gasteiger partial charge in [-0.1, -0.05) is 12.1 Å². The zero-order chi connectivity index (χ0) is 25.7. The molecule has 1 unspecified atom stereocenters. The topological polar surface area (TPSA) is 100 Å². The second-order valence-electron chi connectivity index (χ2n) is 8.47. The van der Waals surface area contributed by atoms with Crippen molar-refractivity contribution >= 4 is 40.8 Å². The van der Waals surface area contributed by atoms with Gasteiger partial charge in [0.2, 0.25) is 5.95 Å². The van der Waals surface area contributed by atoms with Gasteiger partial charge in [0, 0.05) is 70.5 Å². The van der Waals surface area contributed by atoms with Gasteiger partial charge in [-0.15, -0.1) is 11.3 Å². The Hall–Kier alpha value is -3.86. The summed E-state index contributed by atoms with van der Waals surface area (Å²) in [5.74, 6) is 1.63. The van der Waals surface area contributed by atoms with Crippen molar-refractivity contribution in [2.24, 2.45) is 0 Å². The summed E-state index contributed by atoms with van der Waals surface area (Å²) in [6.07, 6.45) is 1.31. The summed E-state index contributed by atoms with van der Waals surface area (Å²) < 4.78 is 11.5. The van der Waals surface area contributed by atoms with Crippen LogP contribution in [-0.4, -0.2) is 69.9 Å². The smallest absolute Gasteiger partial charge is 0.406 e. The summed E-state index contributed by atoms with van der Waals surface area (Å²) in [4.78, 5) is 40.5. The summed E-state index contributed by atoms with van der Waals surface area (Å²) in [5, 5.41) is 4.42. The van der Waals surface area contributed by atoms with Gasteiger partial charge in [-0.25, -0.2) is 9.78 Å². The largest absolute Gasteiger partial charge is 0.485 e. The number of rotatable bonds is 8. The highest BCUT2D eigenvalue weighted by Gasteiger charge is 2.28. The monoisotopic (exact) mass is 510 g/mol. The van der Waals surface area contributed by atoms with Gasteiger partial charge in [0.25, 0.3) is 5.91 Å². The number of carbonyl (C=O) groups is 2. The summed E-state index contributed by atoms with van der Waals surface area (Å²) in [5.41, 5.74) is 1.18. The van der Waals surface area contributed by atoms with E-state index in [1.54, 1.807) is 22.4 Å². The van der Waals surface area contributed by atoms with E-state index in [4.69, 9.17) is 9.47 Å². The molecule has 1 aliphatic heterocycles. The van der Waals surface area contributed by atoms with Crippen LogP contribution in [0, 0.1) is 0 Å². The van der Waals surface area contributed by atoms with Gasteiger partial charge < -0.3 is 29.5 Å². The molecule has 0 fully saturated rings.